The lowest BCUT2D eigenvalue weighted by Crippen LogP contribution is -2.34. The summed E-state index contributed by atoms with van der Waals surface area (Å²) in [5, 5.41) is 8.11. The van der Waals surface area contributed by atoms with Crippen LogP contribution in [0.1, 0.15) is 51.5 Å². The molecule has 0 aliphatic heterocycles. The first-order valence-electron chi connectivity index (χ1n) is 6.96. The third-order valence-corrected chi connectivity index (χ3v) is 5.98. The number of hydrogen-bond donors (Lipinski definition) is 1. The highest BCUT2D eigenvalue weighted by Crippen LogP contribution is 2.48. The van der Waals surface area contributed by atoms with Crippen LogP contribution < -0.4 is 5.32 Å². The second-order valence-corrected chi connectivity index (χ2v) is 7.85. The molecule has 3 heteroatoms. The Morgan fingerprint density at radius 1 is 1.44 bits per heavy atom. The van der Waals surface area contributed by atoms with Gasteiger partial charge in [0, 0.05) is 9.85 Å². The van der Waals surface area contributed by atoms with Gasteiger partial charge in [-0.25, -0.2) is 0 Å². The molecule has 0 spiro atoms. The van der Waals surface area contributed by atoms with E-state index in [9.17, 15) is 0 Å². The topological polar surface area (TPSA) is 12.0 Å². The van der Waals surface area contributed by atoms with Crippen molar-refractivity contribution in [3.05, 3.63) is 20.8 Å². The minimum absolute atomic E-state index is 0.495. The molecule has 1 heterocycles. The molecule has 1 aromatic heterocycles. The zero-order valence-electron chi connectivity index (χ0n) is 11.6. The van der Waals surface area contributed by atoms with E-state index in [4.69, 9.17) is 0 Å². The predicted octanol–water partition coefficient (Wildman–Crippen LogP) is 5.03. The van der Waals surface area contributed by atoms with Crippen molar-refractivity contribution >= 4 is 27.3 Å². The Labute approximate surface area is 123 Å². The van der Waals surface area contributed by atoms with Crippen LogP contribution in [-0.2, 0) is 0 Å². The Morgan fingerprint density at radius 3 is 2.83 bits per heavy atom. The van der Waals surface area contributed by atoms with Gasteiger partial charge in [-0.2, -0.15) is 11.3 Å². The molecule has 0 radical (unpaired) electrons. The molecule has 2 atom stereocenters. The average molecular weight is 330 g/mol. The van der Waals surface area contributed by atoms with Crippen LogP contribution in [0.15, 0.2) is 15.2 Å². The van der Waals surface area contributed by atoms with Gasteiger partial charge >= 0.3 is 0 Å². The number of hydrogen-bond acceptors (Lipinski definition) is 2. The van der Waals surface area contributed by atoms with Gasteiger partial charge < -0.3 is 5.32 Å². The molecule has 2 unspecified atom stereocenters. The highest BCUT2D eigenvalue weighted by Gasteiger charge is 2.36. The Kier molecular flexibility index (Phi) is 4.90. The lowest BCUT2D eigenvalue weighted by atomic mass is 9.65. The molecule has 2 rings (SSSR count). The standard InChI is InChI=1S/C15H24BrNS/c1-4-17-8-11-5-6-15(2,3)7-12(11)13-9-18-10-14(13)16/h9-12,17H,4-8H2,1-3H3. The molecule has 1 aliphatic rings. The van der Waals surface area contributed by atoms with Crippen molar-refractivity contribution in [2.24, 2.45) is 11.3 Å². The van der Waals surface area contributed by atoms with Crippen LogP contribution in [0.2, 0.25) is 0 Å². The van der Waals surface area contributed by atoms with Crippen LogP contribution in [0.3, 0.4) is 0 Å². The van der Waals surface area contributed by atoms with E-state index in [0.29, 0.717) is 11.3 Å². The largest absolute Gasteiger partial charge is 0.317 e. The quantitative estimate of drug-likeness (QED) is 0.816. The summed E-state index contributed by atoms with van der Waals surface area (Å²) in [7, 11) is 0. The van der Waals surface area contributed by atoms with Crippen LogP contribution >= 0.6 is 27.3 Å². The summed E-state index contributed by atoms with van der Waals surface area (Å²) in [6.45, 7) is 9.28. The van der Waals surface area contributed by atoms with E-state index in [1.807, 2.05) is 11.3 Å². The van der Waals surface area contributed by atoms with Crippen LogP contribution in [0.4, 0.5) is 0 Å². The van der Waals surface area contributed by atoms with Gasteiger partial charge in [-0.3, -0.25) is 0 Å². The zero-order chi connectivity index (χ0) is 13.2. The Morgan fingerprint density at radius 2 is 2.22 bits per heavy atom. The molecule has 1 saturated carbocycles. The SMILES string of the molecule is CCNCC1CCC(C)(C)CC1c1cscc1Br. The van der Waals surface area contributed by atoms with E-state index in [1.165, 1.54) is 35.8 Å². The van der Waals surface area contributed by atoms with Gasteiger partial charge in [0.1, 0.15) is 0 Å². The highest BCUT2D eigenvalue weighted by atomic mass is 79.9. The maximum absolute atomic E-state index is 3.73. The van der Waals surface area contributed by atoms with Crippen LogP contribution in [0.25, 0.3) is 0 Å². The molecule has 0 saturated heterocycles. The van der Waals surface area contributed by atoms with Crippen molar-refractivity contribution in [1.29, 1.82) is 0 Å². The summed E-state index contributed by atoms with van der Waals surface area (Å²) in [5.41, 5.74) is 2.03. The van der Waals surface area contributed by atoms with Gasteiger partial charge in [0.05, 0.1) is 0 Å². The third-order valence-electron chi connectivity index (χ3n) is 4.23. The summed E-state index contributed by atoms with van der Waals surface area (Å²) in [5.74, 6) is 1.51. The smallest absolute Gasteiger partial charge is 0.0317 e. The first-order valence-corrected chi connectivity index (χ1v) is 8.69. The predicted molar refractivity (Wildman–Crippen MR) is 84.4 cm³/mol. The number of halogens is 1. The molecule has 0 aromatic carbocycles. The molecule has 1 aromatic rings. The van der Waals surface area contributed by atoms with Gasteiger partial charge in [-0.1, -0.05) is 20.8 Å². The van der Waals surface area contributed by atoms with Gasteiger partial charge in [0.2, 0.25) is 0 Å². The first-order chi connectivity index (χ1) is 8.53. The molecule has 1 N–H and O–H groups in total. The van der Waals surface area contributed by atoms with Crippen molar-refractivity contribution in [3.63, 3.8) is 0 Å². The molecular formula is C15H24BrNS. The van der Waals surface area contributed by atoms with Gasteiger partial charge in [-0.05, 0) is 76.5 Å². The summed E-state index contributed by atoms with van der Waals surface area (Å²) in [4.78, 5) is 0. The number of rotatable bonds is 4. The van der Waals surface area contributed by atoms with E-state index in [1.54, 1.807) is 0 Å². The minimum atomic E-state index is 0.495. The second-order valence-electron chi connectivity index (χ2n) is 6.26. The van der Waals surface area contributed by atoms with E-state index < -0.39 is 0 Å². The monoisotopic (exact) mass is 329 g/mol. The Balaban J connectivity index is 2.17. The average Bonchev–Trinajstić information content (AvgIpc) is 2.73. The van der Waals surface area contributed by atoms with Crippen molar-refractivity contribution in [3.8, 4) is 0 Å². The molecule has 1 nitrogen and oxygen atoms in total. The van der Waals surface area contributed by atoms with Crippen LogP contribution in [-0.4, -0.2) is 13.1 Å². The summed E-state index contributed by atoms with van der Waals surface area (Å²) in [6, 6.07) is 0. The van der Waals surface area contributed by atoms with Crippen molar-refractivity contribution in [1.82, 2.24) is 5.32 Å². The number of nitrogens with one attached hydrogen (secondary N) is 1. The van der Waals surface area contributed by atoms with Crippen molar-refractivity contribution < 1.29 is 0 Å². The second kappa shape index (κ2) is 6.06. The van der Waals surface area contributed by atoms with E-state index in [0.717, 1.165) is 12.5 Å². The Hall–Kier alpha value is 0.140. The fraction of sp³-hybridized carbons (Fsp3) is 0.733. The van der Waals surface area contributed by atoms with E-state index in [2.05, 4.69) is 52.8 Å². The Bertz CT molecular complexity index is 386. The molecule has 1 aliphatic carbocycles. The minimum Gasteiger partial charge on any atom is -0.317 e. The van der Waals surface area contributed by atoms with Gasteiger partial charge in [-0.15, -0.1) is 0 Å². The van der Waals surface area contributed by atoms with Gasteiger partial charge in [0.15, 0.2) is 0 Å². The zero-order valence-corrected chi connectivity index (χ0v) is 14.0. The third kappa shape index (κ3) is 3.37. The van der Waals surface area contributed by atoms with Crippen LogP contribution in [0.5, 0.6) is 0 Å². The highest BCUT2D eigenvalue weighted by molar-refractivity contribution is 9.10. The first kappa shape index (κ1) is 14.5. The van der Waals surface area contributed by atoms with Crippen molar-refractivity contribution in [2.45, 2.75) is 46.0 Å². The molecule has 102 valence electrons. The summed E-state index contributed by atoms with van der Waals surface area (Å²) < 4.78 is 1.32. The molecule has 1 fully saturated rings. The van der Waals surface area contributed by atoms with E-state index >= 15 is 0 Å². The molecule has 0 bridgehead atoms. The summed E-state index contributed by atoms with van der Waals surface area (Å²) >= 11 is 5.54. The lowest BCUT2D eigenvalue weighted by molar-refractivity contribution is 0.160. The maximum Gasteiger partial charge on any atom is 0.0317 e. The maximum atomic E-state index is 3.73. The lowest BCUT2D eigenvalue weighted by Gasteiger charge is -2.41. The fourth-order valence-corrected chi connectivity index (χ4v) is 4.79. The summed E-state index contributed by atoms with van der Waals surface area (Å²) in [6.07, 6.45) is 4.03. The molecule has 0 amide bonds. The normalized spacial score (nSPS) is 27.3. The van der Waals surface area contributed by atoms with E-state index in [-0.39, 0.29) is 0 Å². The fourth-order valence-electron chi connectivity index (χ4n) is 3.14. The van der Waals surface area contributed by atoms with Crippen molar-refractivity contribution in [2.75, 3.05) is 13.1 Å². The number of thiophene rings is 1. The van der Waals surface area contributed by atoms with Gasteiger partial charge in [0.25, 0.3) is 0 Å². The van der Waals surface area contributed by atoms with Crippen LogP contribution in [0, 0.1) is 11.3 Å². The molecular weight excluding hydrogens is 306 g/mol. The molecule has 18 heavy (non-hydrogen) atoms.